The summed E-state index contributed by atoms with van der Waals surface area (Å²) >= 11 is 0. The summed E-state index contributed by atoms with van der Waals surface area (Å²) in [6.07, 6.45) is 6.17. The molecule has 10 nitrogen and oxygen atoms in total. The van der Waals surface area contributed by atoms with Crippen LogP contribution in [0.15, 0.2) is 30.3 Å². The van der Waals surface area contributed by atoms with Crippen molar-refractivity contribution in [3.8, 4) is 0 Å². The minimum atomic E-state index is -1.07. The Morgan fingerprint density at radius 2 is 1.70 bits per heavy atom. The molecule has 1 aromatic rings. The molecule has 10 heteroatoms. The molecule has 3 N–H and O–H groups in total. The van der Waals surface area contributed by atoms with Crippen LogP contribution in [0.5, 0.6) is 0 Å². The number of rotatable bonds is 3. The molecule has 0 aromatic heterocycles. The van der Waals surface area contributed by atoms with E-state index in [1.165, 1.54) is 5.01 Å². The van der Waals surface area contributed by atoms with E-state index in [2.05, 4.69) is 42.0 Å². The Kier molecular flexibility index (Phi) is 10.9. The van der Waals surface area contributed by atoms with Gasteiger partial charge in [-0.3, -0.25) is 24.2 Å². The third-order valence-electron chi connectivity index (χ3n) is 8.99. The summed E-state index contributed by atoms with van der Waals surface area (Å²) in [5, 5.41) is 7.22. The molecule has 1 saturated heterocycles. The number of benzene rings is 1. The number of hydrazine groups is 1. The first kappa shape index (κ1) is 33.6. The van der Waals surface area contributed by atoms with Crippen molar-refractivity contribution in [2.45, 2.75) is 117 Å². The van der Waals surface area contributed by atoms with Gasteiger partial charge in [-0.05, 0) is 81.4 Å². The predicted molar refractivity (Wildman–Crippen MR) is 168 cm³/mol. The van der Waals surface area contributed by atoms with Crippen LogP contribution in [0.2, 0.25) is 0 Å². The molecule has 0 radical (unpaired) electrons. The molecule has 3 aliphatic rings. The van der Waals surface area contributed by atoms with Crippen molar-refractivity contribution < 1.29 is 28.7 Å². The smallest absolute Gasteiger partial charge is 0.312 e. The number of hydrogen-bond acceptors (Lipinski definition) is 7. The zero-order valence-electron chi connectivity index (χ0n) is 27.2. The van der Waals surface area contributed by atoms with Crippen molar-refractivity contribution in [3.63, 3.8) is 0 Å². The van der Waals surface area contributed by atoms with E-state index >= 15 is 0 Å². The molecule has 44 heavy (non-hydrogen) atoms. The predicted octanol–water partition coefficient (Wildman–Crippen LogP) is 4.06. The quantitative estimate of drug-likeness (QED) is 0.441. The summed E-state index contributed by atoms with van der Waals surface area (Å²) < 4.78 is 12.2. The molecule has 1 aliphatic carbocycles. The highest BCUT2D eigenvalue weighted by Gasteiger charge is 2.49. The van der Waals surface area contributed by atoms with Crippen molar-refractivity contribution in [2.75, 3.05) is 6.54 Å². The Bertz CT molecular complexity index is 1250. The molecule has 0 spiro atoms. The fourth-order valence-corrected chi connectivity index (χ4v) is 5.71. The van der Waals surface area contributed by atoms with Crippen LogP contribution in [-0.2, 0) is 28.7 Å². The van der Waals surface area contributed by atoms with E-state index in [0.717, 1.165) is 17.5 Å². The number of nitrogens with zero attached hydrogens (tertiary/aromatic N) is 1. The number of fused-ring (bicyclic) bond motifs is 4. The van der Waals surface area contributed by atoms with Gasteiger partial charge in [-0.1, -0.05) is 58.0 Å². The lowest BCUT2D eigenvalue weighted by atomic mass is 9.98. The fourth-order valence-electron chi connectivity index (χ4n) is 5.71. The molecule has 4 bridgehead atoms. The average molecular weight is 611 g/mol. The maximum atomic E-state index is 13.4. The zero-order chi connectivity index (χ0) is 32.2. The van der Waals surface area contributed by atoms with Crippen LogP contribution in [0.1, 0.15) is 97.7 Å². The molecule has 2 fully saturated rings. The maximum absolute atomic E-state index is 13.4. The maximum Gasteiger partial charge on any atom is 0.312 e. The van der Waals surface area contributed by atoms with Crippen molar-refractivity contribution in [1.82, 2.24) is 21.1 Å². The monoisotopic (exact) mass is 610 g/mol. The normalized spacial score (nSPS) is 32.9. The van der Waals surface area contributed by atoms with Crippen molar-refractivity contribution in [2.24, 2.45) is 17.3 Å². The first-order chi connectivity index (χ1) is 20.8. The van der Waals surface area contributed by atoms with E-state index in [-0.39, 0.29) is 41.4 Å². The van der Waals surface area contributed by atoms with Gasteiger partial charge in [-0.25, -0.2) is 5.43 Å². The van der Waals surface area contributed by atoms with E-state index in [1.54, 1.807) is 27.7 Å². The number of esters is 1. The number of nitrogens with one attached hydrogen (secondary N) is 3. The summed E-state index contributed by atoms with van der Waals surface area (Å²) in [5.41, 5.74) is 5.09. The van der Waals surface area contributed by atoms with Crippen molar-refractivity contribution in [1.29, 1.82) is 0 Å². The topological polar surface area (TPSA) is 126 Å². The van der Waals surface area contributed by atoms with Gasteiger partial charge in [0.15, 0.2) is 6.10 Å². The second-order valence-corrected chi connectivity index (χ2v) is 13.7. The molecule has 7 atom stereocenters. The summed E-state index contributed by atoms with van der Waals surface area (Å²) in [6, 6.07) is 6.30. The molecule has 2 heterocycles. The molecule has 4 rings (SSSR count). The van der Waals surface area contributed by atoms with Gasteiger partial charge in [0.05, 0.1) is 24.2 Å². The Balaban J connectivity index is 1.59. The van der Waals surface area contributed by atoms with Gasteiger partial charge in [0.2, 0.25) is 5.91 Å². The van der Waals surface area contributed by atoms with Gasteiger partial charge in [0.1, 0.15) is 12.1 Å². The number of ether oxygens (including phenoxy) is 2. The third kappa shape index (κ3) is 8.47. The molecular weight excluding hydrogens is 560 g/mol. The Morgan fingerprint density at radius 3 is 2.39 bits per heavy atom. The summed E-state index contributed by atoms with van der Waals surface area (Å²) in [5.74, 6) is -2.50. The highest BCUT2D eigenvalue weighted by atomic mass is 16.6. The number of hydrogen-bond donors (Lipinski definition) is 3. The van der Waals surface area contributed by atoms with Gasteiger partial charge in [-0.15, -0.1) is 0 Å². The molecule has 3 amide bonds. The van der Waals surface area contributed by atoms with Crippen LogP contribution in [0, 0.1) is 17.3 Å². The standard InChI is InChI=1S/C34H50N4O6/c1-20(2)29-31(40)36-23(5)32(41)38-17-11-15-26(37-38)30(39)35-22(4)25-14-10-13-24(18-25)12-8-9-16-27(21(3)33(42)44-29)43-28-19-34(28,6)7/h8,10,12-14,18,20-23,26-29,37H,9,11,15-17,19H2,1-7H3,(H,35,39)(H,36,40)/b12-8+/t21-,22-,23+,26+,27?,28?,29+/m1/s1. The number of cyclic esters (lactones) is 1. The molecule has 242 valence electrons. The van der Waals surface area contributed by atoms with E-state index in [0.29, 0.717) is 32.2 Å². The SMILES string of the molecule is CC(C)[C@@H]1OC(=O)[C@H](C)C(OC2CC2(C)C)CC/C=C/c2cccc(c2)[C@@H](C)NC(=O)[C@@H]2CCCN(N2)C(=O)[C@H](C)NC1=O. The Hall–Kier alpha value is -3.24. The van der Waals surface area contributed by atoms with Crippen LogP contribution in [0.25, 0.3) is 6.08 Å². The van der Waals surface area contributed by atoms with Crippen molar-refractivity contribution in [3.05, 3.63) is 41.5 Å². The van der Waals surface area contributed by atoms with Gasteiger partial charge < -0.3 is 20.1 Å². The highest BCUT2D eigenvalue weighted by molar-refractivity contribution is 5.91. The first-order valence-corrected chi connectivity index (χ1v) is 16.1. The Morgan fingerprint density at radius 1 is 1.00 bits per heavy atom. The van der Waals surface area contributed by atoms with Gasteiger partial charge >= 0.3 is 5.97 Å². The lowest BCUT2D eigenvalue weighted by Crippen LogP contribution is -2.61. The molecule has 2 unspecified atom stereocenters. The molecule has 1 aromatic carbocycles. The summed E-state index contributed by atoms with van der Waals surface area (Å²) in [6.45, 7) is 13.6. The Labute approximate surface area is 261 Å². The molecular formula is C34H50N4O6. The van der Waals surface area contributed by atoms with E-state index in [9.17, 15) is 19.2 Å². The van der Waals surface area contributed by atoms with Crippen LogP contribution in [-0.4, -0.2) is 65.6 Å². The first-order valence-electron chi connectivity index (χ1n) is 16.1. The largest absolute Gasteiger partial charge is 0.452 e. The zero-order valence-corrected chi connectivity index (χ0v) is 27.2. The third-order valence-corrected chi connectivity index (χ3v) is 8.99. The average Bonchev–Trinajstić information content (AvgIpc) is 3.60. The lowest BCUT2D eigenvalue weighted by Gasteiger charge is -2.35. The second kappa shape index (κ2) is 14.2. The van der Waals surface area contributed by atoms with Crippen LogP contribution in [0.3, 0.4) is 0 Å². The van der Waals surface area contributed by atoms with Crippen LogP contribution >= 0.6 is 0 Å². The van der Waals surface area contributed by atoms with Gasteiger partial charge in [0, 0.05) is 6.54 Å². The molecule has 2 aliphatic heterocycles. The minimum Gasteiger partial charge on any atom is -0.452 e. The number of carbonyl (C=O) groups is 4. The fraction of sp³-hybridized carbons (Fsp3) is 0.647. The lowest BCUT2D eigenvalue weighted by molar-refractivity contribution is -0.167. The van der Waals surface area contributed by atoms with Crippen LogP contribution in [0.4, 0.5) is 0 Å². The summed E-state index contributed by atoms with van der Waals surface area (Å²) in [4.78, 5) is 53.3. The van der Waals surface area contributed by atoms with E-state index < -0.39 is 36.0 Å². The summed E-state index contributed by atoms with van der Waals surface area (Å²) in [7, 11) is 0. The minimum absolute atomic E-state index is 0.0673. The van der Waals surface area contributed by atoms with E-state index in [1.807, 2.05) is 31.2 Å². The van der Waals surface area contributed by atoms with Crippen LogP contribution < -0.4 is 16.1 Å². The number of allylic oxidation sites excluding steroid dienone is 1. The van der Waals surface area contributed by atoms with Crippen molar-refractivity contribution >= 4 is 29.8 Å². The number of amides is 3. The van der Waals surface area contributed by atoms with Gasteiger partial charge in [-0.2, -0.15) is 0 Å². The second-order valence-electron chi connectivity index (χ2n) is 13.7. The van der Waals surface area contributed by atoms with E-state index in [4.69, 9.17) is 9.47 Å². The number of carbonyl (C=O) groups excluding carboxylic acids is 4. The highest BCUT2D eigenvalue weighted by Crippen LogP contribution is 2.48. The van der Waals surface area contributed by atoms with Gasteiger partial charge in [0.25, 0.3) is 11.8 Å². The molecule has 1 saturated carbocycles.